The van der Waals surface area contributed by atoms with Crippen LogP contribution in [0.2, 0.25) is 0 Å². The van der Waals surface area contributed by atoms with Gasteiger partial charge in [-0.25, -0.2) is 0 Å². The molecular formula is C8H10O3. The van der Waals surface area contributed by atoms with Crippen LogP contribution in [-0.4, -0.2) is 17.3 Å². The Balaban J connectivity index is 3.16. The van der Waals surface area contributed by atoms with Crippen LogP contribution >= 0.6 is 0 Å². The summed E-state index contributed by atoms with van der Waals surface area (Å²) in [6.45, 7) is 4.48. The maximum Gasteiger partial charge on any atom is 0.212 e. The van der Waals surface area contributed by atoms with Crippen LogP contribution in [-0.2, 0) is 14.4 Å². The van der Waals surface area contributed by atoms with Crippen LogP contribution in [0.1, 0.15) is 20.8 Å². The molecule has 0 aliphatic heterocycles. The number of Topliss-reactive ketones (excluding diaryl/α,β-unsaturated/α-hetero) is 3. The lowest BCUT2D eigenvalue weighted by Gasteiger charge is -2.10. The van der Waals surface area contributed by atoms with Crippen LogP contribution in [0.5, 0.6) is 0 Å². The van der Waals surface area contributed by atoms with Gasteiger partial charge in [0.1, 0.15) is 0 Å². The van der Waals surface area contributed by atoms with Gasteiger partial charge in [-0.05, 0) is 20.8 Å². The van der Waals surface area contributed by atoms with Crippen LogP contribution in [0.3, 0.4) is 0 Å². The third kappa shape index (κ3) is 0.836. The number of hydrogen-bond donors (Lipinski definition) is 0. The van der Waals surface area contributed by atoms with Crippen LogP contribution < -0.4 is 0 Å². The zero-order valence-corrected chi connectivity index (χ0v) is 6.80. The van der Waals surface area contributed by atoms with Crippen LogP contribution in [0.25, 0.3) is 0 Å². The third-order valence-electron chi connectivity index (χ3n) is 2.19. The van der Waals surface area contributed by atoms with Gasteiger partial charge in [-0.2, -0.15) is 0 Å². The summed E-state index contributed by atoms with van der Waals surface area (Å²) >= 11 is 0. The zero-order valence-electron chi connectivity index (χ0n) is 6.80. The van der Waals surface area contributed by atoms with Crippen LogP contribution in [0.4, 0.5) is 0 Å². The molecule has 0 aromatic carbocycles. The predicted molar refractivity (Wildman–Crippen MR) is 38.0 cm³/mol. The van der Waals surface area contributed by atoms with E-state index >= 15 is 0 Å². The highest BCUT2D eigenvalue weighted by Gasteiger charge is 2.52. The minimum absolute atomic E-state index is 0.257. The summed E-state index contributed by atoms with van der Waals surface area (Å²) in [4.78, 5) is 33.2. The van der Waals surface area contributed by atoms with E-state index in [4.69, 9.17) is 0 Å². The molecule has 1 unspecified atom stereocenters. The van der Waals surface area contributed by atoms with Gasteiger partial charge in [-0.3, -0.25) is 14.4 Å². The fourth-order valence-corrected chi connectivity index (χ4v) is 1.28. The highest BCUT2D eigenvalue weighted by atomic mass is 16.2. The molecule has 11 heavy (non-hydrogen) atoms. The quantitative estimate of drug-likeness (QED) is 0.374. The first-order chi connectivity index (χ1) is 4.89. The topological polar surface area (TPSA) is 51.2 Å². The zero-order chi connectivity index (χ0) is 8.81. The van der Waals surface area contributed by atoms with Gasteiger partial charge >= 0.3 is 0 Å². The summed E-state index contributed by atoms with van der Waals surface area (Å²) in [7, 11) is 0. The van der Waals surface area contributed by atoms with Gasteiger partial charge in [0, 0.05) is 0 Å². The lowest BCUT2D eigenvalue weighted by atomic mass is 9.88. The molecule has 1 aliphatic carbocycles. The normalized spacial score (nSPS) is 29.7. The molecule has 3 nitrogen and oxygen atoms in total. The fraction of sp³-hybridized carbons (Fsp3) is 0.625. The van der Waals surface area contributed by atoms with Gasteiger partial charge in [0.15, 0.2) is 5.78 Å². The number of hydrogen-bond acceptors (Lipinski definition) is 3. The van der Waals surface area contributed by atoms with Gasteiger partial charge in [0.25, 0.3) is 0 Å². The molecule has 1 rings (SSSR count). The number of carbonyl (C=O) groups excluding carboxylic acids is 3. The summed E-state index contributed by atoms with van der Waals surface area (Å²) in [5.41, 5.74) is -1.07. The first kappa shape index (κ1) is 8.11. The Morgan fingerprint density at radius 2 is 1.64 bits per heavy atom. The Labute approximate surface area is 64.8 Å². The molecule has 60 valence electrons. The smallest absolute Gasteiger partial charge is 0.212 e. The van der Waals surface area contributed by atoms with E-state index in [0.29, 0.717) is 0 Å². The molecule has 1 atom stereocenters. The average molecular weight is 154 g/mol. The summed E-state index contributed by atoms with van der Waals surface area (Å²) in [6, 6.07) is 0. The second-order valence-electron chi connectivity index (χ2n) is 3.40. The van der Waals surface area contributed by atoms with Crippen molar-refractivity contribution in [3.8, 4) is 0 Å². The van der Waals surface area contributed by atoms with Crippen molar-refractivity contribution in [1.82, 2.24) is 0 Å². The van der Waals surface area contributed by atoms with E-state index in [0.717, 1.165) is 0 Å². The van der Waals surface area contributed by atoms with Crippen LogP contribution in [0.15, 0.2) is 0 Å². The van der Waals surface area contributed by atoms with Crippen molar-refractivity contribution in [2.75, 3.05) is 0 Å². The van der Waals surface area contributed by atoms with Crippen molar-refractivity contribution in [2.45, 2.75) is 20.8 Å². The minimum Gasteiger partial charge on any atom is -0.298 e. The fourth-order valence-electron chi connectivity index (χ4n) is 1.28. The lowest BCUT2D eigenvalue weighted by Crippen LogP contribution is -2.26. The predicted octanol–water partition coefficient (Wildman–Crippen LogP) is 0.370. The van der Waals surface area contributed by atoms with E-state index in [1.54, 1.807) is 0 Å². The Kier molecular flexibility index (Phi) is 1.47. The van der Waals surface area contributed by atoms with Crippen LogP contribution in [0, 0.1) is 11.3 Å². The van der Waals surface area contributed by atoms with E-state index in [1.165, 1.54) is 20.8 Å². The minimum atomic E-state index is -1.07. The lowest BCUT2D eigenvalue weighted by molar-refractivity contribution is -0.139. The Morgan fingerprint density at radius 3 is 1.73 bits per heavy atom. The highest BCUT2D eigenvalue weighted by molar-refractivity contribution is 6.52. The standard InChI is InChI=1S/C8H10O3/c1-4-5(9)7(11)8(2,3)6(4)10/h4H,1-3H3. The van der Waals surface area contributed by atoms with Gasteiger partial charge < -0.3 is 0 Å². The molecule has 1 fully saturated rings. The molecule has 0 N–H and O–H groups in total. The van der Waals surface area contributed by atoms with E-state index in [-0.39, 0.29) is 5.78 Å². The van der Waals surface area contributed by atoms with E-state index in [2.05, 4.69) is 0 Å². The maximum absolute atomic E-state index is 11.2. The number of rotatable bonds is 0. The molecule has 0 aromatic heterocycles. The van der Waals surface area contributed by atoms with Gasteiger partial charge in [-0.1, -0.05) is 0 Å². The van der Waals surface area contributed by atoms with Crippen molar-refractivity contribution in [3.63, 3.8) is 0 Å². The van der Waals surface area contributed by atoms with Gasteiger partial charge in [0.05, 0.1) is 11.3 Å². The molecule has 0 heterocycles. The summed E-state index contributed by atoms with van der Waals surface area (Å²) in [6.07, 6.45) is 0. The molecule has 0 amide bonds. The maximum atomic E-state index is 11.2. The first-order valence-electron chi connectivity index (χ1n) is 3.52. The Bertz CT molecular complexity index is 250. The summed E-state index contributed by atoms with van der Waals surface area (Å²) in [5, 5.41) is 0. The van der Waals surface area contributed by atoms with Crippen molar-refractivity contribution in [3.05, 3.63) is 0 Å². The molecule has 0 spiro atoms. The van der Waals surface area contributed by atoms with E-state index in [1.807, 2.05) is 0 Å². The van der Waals surface area contributed by atoms with Gasteiger partial charge in [0.2, 0.25) is 11.6 Å². The molecule has 3 heteroatoms. The third-order valence-corrected chi connectivity index (χ3v) is 2.19. The molecule has 0 saturated heterocycles. The number of carbonyl (C=O) groups is 3. The van der Waals surface area contributed by atoms with E-state index in [9.17, 15) is 14.4 Å². The molecule has 0 radical (unpaired) electrons. The van der Waals surface area contributed by atoms with Gasteiger partial charge in [-0.15, -0.1) is 0 Å². The molecule has 1 saturated carbocycles. The van der Waals surface area contributed by atoms with Crippen molar-refractivity contribution < 1.29 is 14.4 Å². The van der Waals surface area contributed by atoms with Crippen molar-refractivity contribution in [1.29, 1.82) is 0 Å². The van der Waals surface area contributed by atoms with E-state index < -0.39 is 22.9 Å². The second-order valence-corrected chi connectivity index (χ2v) is 3.40. The van der Waals surface area contributed by atoms with Crippen molar-refractivity contribution >= 4 is 17.3 Å². The Hall–Kier alpha value is -0.990. The average Bonchev–Trinajstić information content (AvgIpc) is 2.06. The second kappa shape index (κ2) is 2.00. The molecular weight excluding hydrogens is 144 g/mol. The molecule has 0 aromatic rings. The largest absolute Gasteiger partial charge is 0.298 e. The Morgan fingerprint density at radius 1 is 1.18 bits per heavy atom. The molecule has 0 bridgehead atoms. The molecule has 1 aliphatic rings. The highest BCUT2D eigenvalue weighted by Crippen LogP contribution is 2.31. The summed E-state index contributed by atoms with van der Waals surface area (Å²) in [5.74, 6) is -2.07. The monoisotopic (exact) mass is 154 g/mol. The summed E-state index contributed by atoms with van der Waals surface area (Å²) < 4.78 is 0. The van der Waals surface area contributed by atoms with Crippen molar-refractivity contribution in [2.24, 2.45) is 11.3 Å². The SMILES string of the molecule is CC1C(=O)C(=O)C(C)(C)C1=O. The first-order valence-corrected chi connectivity index (χ1v) is 3.52. The number of ketones is 3.